The molecule has 0 saturated carbocycles. The summed E-state index contributed by atoms with van der Waals surface area (Å²) in [6, 6.07) is 3.81. The topological polar surface area (TPSA) is 94.6 Å². The molecule has 1 aliphatic rings. The van der Waals surface area contributed by atoms with Crippen LogP contribution in [0.1, 0.15) is 12.8 Å². The second kappa shape index (κ2) is 5.88. The summed E-state index contributed by atoms with van der Waals surface area (Å²) in [6.45, 7) is 1.51. The molecule has 0 amide bonds. The highest BCUT2D eigenvalue weighted by atomic mass is 16.3. The number of nitrogen functional groups attached to an aromatic ring is 1. The van der Waals surface area contributed by atoms with Gasteiger partial charge in [-0.3, -0.25) is 0 Å². The number of hydrogen-bond acceptors (Lipinski definition) is 6. The van der Waals surface area contributed by atoms with Crippen molar-refractivity contribution in [2.45, 2.75) is 18.9 Å². The van der Waals surface area contributed by atoms with Gasteiger partial charge in [-0.05, 0) is 25.0 Å². The average molecular weight is 252 g/mol. The number of rotatable bonds is 5. The molecule has 0 aromatic carbocycles. The fraction of sp³-hybridized carbons (Fsp3) is 0.583. The Kier molecular flexibility index (Phi) is 4.22. The Morgan fingerprint density at radius 2 is 2.28 bits per heavy atom. The molecule has 0 radical (unpaired) electrons. The van der Waals surface area contributed by atoms with Crippen LogP contribution in [0.4, 0.5) is 17.3 Å². The van der Waals surface area contributed by atoms with Crippen molar-refractivity contribution in [2.75, 3.05) is 42.3 Å². The monoisotopic (exact) mass is 252 g/mol. The number of pyridine rings is 1. The zero-order valence-corrected chi connectivity index (χ0v) is 10.3. The van der Waals surface area contributed by atoms with Crippen LogP contribution in [0.15, 0.2) is 12.1 Å². The summed E-state index contributed by atoms with van der Waals surface area (Å²) in [7, 11) is 0. The molecule has 1 saturated heterocycles. The highest BCUT2D eigenvalue weighted by Crippen LogP contribution is 2.27. The first-order chi connectivity index (χ1) is 8.76. The summed E-state index contributed by atoms with van der Waals surface area (Å²) in [5.74, 6) is 1.41. The third-order valence-corrected chi connectivity index (χ3v) is 3.20. The molecule has 1 aromatic heterocycles. The van der Waals surface area contributed by atoms with Crippen molar-refractivity contribution in [3.8, 4) is 0 Å². The molecule has 18 heavy (non-hydrogen) atoms. The van der Waals surface area contributed by atoms with E-state index in [9.17, 15) is 5.11 Å². The minimum absolute atomic E-state index is 0.0360. The van der Waals surface area contributed by atoms with Crippen molar-refractivity contribution in [1.29, 1.82) is 0 Å². The van der Waals surface area contributed by atoms with Gasteiger partial charge in [-0.15, -0.1) is 0 Å². The molecular weight excluding hydrogens is 232 g/mol. The Morgan fingerprint density at radius 3 is 3.00 bits per heavy atom. The predicted molar refractivity (Wildman–Crippen MR) is 71.7 cm³/mol. The van der Waals surface area contributed by atoms with Gasteiger partial charge in [0.15, 0.2) is 5.82 Å². The summed E-state index contributed by atoms with van der Waals surface area (Å²) in [6.07, 6.45) is 2.05. The van der Waals surface area contributed by atoms with Gasteiger partial charge in [0.2, 0.25) is 0 Å². The lowest BCUT2D eigenvalue weighted by Gasteiger charge is -2.24. The maximum absolute atomic E-state index is 9.32. The Morgan fingerprint density at radius 1 is 1.44 bits per heavy atom. The van der Waals surface area contributed by atoms with Crippen LogP contribution in [0.25, 0.3) is 0 Å². The third kappa shape index (κ3) is 2.65. The summed E-state index contributed by atoms with van der Waals surface area (Å²) in [5.41, 5.74) is 6.38. The number of hydrogen-bond donors (Lipinski definition) is 4. The Bertz CT molecular complexity index is 400. The van der Waals surface area contributed by atoms with Gasteiger partial charge in [-0.2, -0.15) is 0 Å². The number of aliphatic hydroxyl groups is 2. The molecule has 100 valence electrons. The summed E-state index contributed by atoms with van der Waals surface area (Å²) in [4.78, 5) is 6.56. The number of nitrogens with two attached hydrogens (primary N) is 1. The molecule has 0 bridgehead atoms. The molecule has 1 aromatic rings. The molecule has 1 atom stereocenters. The van der Waals surface area contributed by atoms with E-state index in [-0.39, 0.29) is 19.3 Å². The van der Waals surface area contributed by atoms with E-state index >= 15 is 0 Å². The summed E-state index contributed by atoms with van der Waals surface area (Å²) >= 11 is 0. The molecule has 6 nitrogen and oxygen atoms in total. The van der Waals surface area contributed by atoms with E-state index in [1.54, 1.807) is 6.07 Å². The fourth-order valence-corrected chi connectivity index (χ4v) is 2.26. The number of nitrogens with zero attached hydrogens (tertiary/aromatic N) is 2. The van der Waals surface area contributed by atoms with Crippen molar-refractivity contribution in [3.05, 3.63) is 12.1 Å². The van der Waals surface area contributed by atoms with Crippen LogP contribution in [0, 0.1) is 0 Å². The molecule has 0 spiro atoms. The third-order valence-electron chi connectivity index (χ3n) is 3.20. The molecule has 1 fully saturated rings. The van der Waals surface area contributed by atoms with Crippen molar-refractivity contribution < 1.29 is 10.2 Å². The second-order valence-corrected chi connectivity index (χ2v) is 4.43. The lowest BCUT2D eigenvalue weighted by molar-refractivity contribution is 0.266. The molecule has 2 rings (SSSR count). The van der Waals surface area contributed by atoms with Crippen LogP contribution in [0.3, 0.4) is 0 Å². The van der Waals surface area contributed by atoms with Crippen molar-refractivity contribution in [1.82, 2.24) is 4.98 Å². The second-order valence-electron chi connectivity index (χ2n) is 4.43. The average Bonchev–Trinajstić information content (AvgIpc) is 2.86. The van der Waals surface area contributed by atoms with E-state index in [1.807, 2.05) is 6.07 Å². The molecule has 1 aliphatic heterocycles. The van der Waals surface area contributed by atoms with Crippen LogP contribution in [0.2, 0.25) is 0 Å². The molecule has 0 aliphatic carbocycles. The molecule has 6 heteroatoms. The Labute approximate surface area is 106 Å². The quantitative estimate of drug-likeness (QED) is 0.590. The van der Waals surface area contributed by atoms with Gasteiger partial charge in [-0.1, -0.05) is 0 Å². The van der Waals surface area contributed by atoms with Crippen molar-refractivity contribution in [2.24, 2.45) is 0 Å². The Hall–Kier alpha value is -1.53. The first-order valence-corrected chi connectivity index (χ1v) is 6.25. The first-order valence-electron chi connectivity index (χ1n) is 6.25. The van der Waals surface area contributed by atoms with Gasteiger partial charge in [-0.25, -0.2) is 4.98 Å². The number of nitrogens with one attached hydrogen (secondary N) is 1. The zero-order chi connectivity index (χ0) is 13.0. The van der Waals surface area contributed by atoms with Crippen LogP contribution in [0.5, 0.6) is 0 Å². The smallest absolute Gasteiger partial charge is 0.151 e. The fourth-order valence-electron chi connectivity index (χ4n) is 2.26. The lowest BCUT2D eigenvalue weighted by atomic mass is 10.2. The van der Waals surface area contributed by atoms with Gasteiger partial charge in [0.25, 0.3) is 0 Å². The van der Waals surface area contributed by atoms with Crippen LogP contribution < -0.4 is 16.0 Å². The first kappa shape index (κ1) is 12.9. The Balaban J connectivity index is 2.17. The minimum atomic E-state index is 0.0360. The number of aromatic nitrogens is 1. The van der Waals surface area contributed by atoms with Gasteiger partial charge in [0.05, 0.1) is 24.9 Å². The van der Waals surface area contributed by atoms with Crippen LogP contribution >= 0.6 is 0 Å². The van der Waals surface area contributed by atoms with Crippen molar-refractivity contribution in [3.63, 3.8) is 0 Å². The standard InChI is InChI=1S/C12H20N4O2/c13-10-3-4-11(15-12(10)14-5-7-17)16-6-1-2-9(16)8-18/h3-4,9,17-18H,1-2,5-8,13H2,(H,14,15). The number of anilines is 3. The van der Waals surface area contributed by atoms with E-state index < -0.39 is 0 Å². The normalized spacial score (nSPS) is 19.2. The van der Waals surface area contributed by atoms with Crippen LogP contribution in [-0.4, -0.2) is 47.5 Å². The maximum atomic E-state index is 9.32. The summed E-state index contributed by atoms with van der Waals surface area (Å²) in [5, 5.41) is 21.1. The van der Waals surface area contributed by atoms with Gasteiger partial charge < -0.3 is 26.2 Å². The summed E-state index contributed by atoms with van der Waals surface area (Å²) < 4.78 is 0. The SMILES string of the molecule is Nc1ccc(N2CCCC2CO)nc1NCCO. The highest BCUT2D eigenvalue weighted by Gasteiger charge is 2.25. The molecule has 2 heterocycles. The van der Waals surface area contributed by atoms with E-state index in [2.05, 4.69) is 15.2 Å². The van der Waals surface area contributed by atoms with E-state index in [1.165, 1.54) is 0 Å². The van der Waals surface area contributed by atoms with E-state index in [0.29, 0.717) is 18.1 Å². The predicted octanol–water partition coefficient (Wildman–Crippen LogP) is 0.0291. The van der Waals surface area contributed by atoms with Crippen LogP contribution in [-0.2, 0) is 0 Å². The van der Waals surface area contributed by atoms with Gasteiger partial charge in [0, 0.05) is 13.1 Å². The van der Waals surface area contributed by atoms with E-state index in [4.69, 9.17) is 10.8 Å². The highest BCUT2D eigenvalue weighted by molar-refractivity contribution is 5.65. The van der Waals surface area contributed by atoms with Gasteiger partial charge >= 0.3 is 0 Å². The number of aliphatic hydroxyl groups excluding tert-OH is 2. The van der Waals surface area contributed by atoms with Gasteiger partial charge in [0.1, 0.15) is 5.82 Å². The van der Waals surface area contributed by atoms with E-state index in [0.717, 1.165) is 25.2 Å². The largest absolute Gasteiger partial charge is 0.396 e. The maximum Gasteiger partial charge on any atom is 0.151 e. The molecule has 1 unspecified atom stereocenters. The zero-order valence-electron chi connectivity index (χ0n) is 10.3. The van der Waals surface area contributed by atoms with Crippen molar-refractivity contribution >= 4 is 17.3 Å². The minimum Gasteiger partial charge on any atom is -0.396 e. The lowest BCUT2D eigenvalue weighted by Crippen LogP contribution is -2.32. The molecular formula is C12H20N4O2. The molecule has 5 N–H and O–H groups in total.